The highest BCUT2D eigenvalue weighted by Crippen LogP contribution is 2.19. The van der Waals surface area contributed by atoms with Gasteiger partial charge in [-0.2, -0.15) is 0 Å². The maximum Gasteiger partial charge on any atom is 0.00720 e. The first kappa shape index (κ1) is 12.6. The second kappa shape index (κ2) is 6.91. The molecule has 0 spiro atoms. The second-order valence-corrected chi connectivity index (χ2v) is 5.39. The number of nitrogens with one attached hydrogen (secondary N) is 1. The fraction of sp³-hybridized carbons (Fsp3) is 0.538. The third kappa shape index (κ3) is 5.85. The molecule has 1 aromatic rings. The van der Waals surface area contributed by atoms with Gasteiger partial charge in [0.2, 0.25) is 0 Å². The molecule has 1 N–H and O–H groups in total. The molecule has 0 aliphatic rings. The van der Waals surface area contributed by atoms with E-state index in [0.717, 1.165) is 12.5 Å². The summed E-state index contributed by atoms with van der Waals surface area (Å²) in [6.07, 6.45) is 0. The summed E-state index contributed by atoms with van der Waals surface area (Å²) in [5, 5.41) is 3.47. The molecule has 0 amide bonds. The molecule has 1 atom stereocenters. The van der Waals surface area contributed by atoms with E-state index in [1.165, 1.54) is 10.6 Å². The molecule has 0 aliphatic carbocycles. The Morgan fingerprint density at radius 3 is 2.40 bits per heavy atom. The molecule has 2 heteroatoms. The summed E-state index contributed by atoms with van der Waals surface area (Å²) in [6.45, 7) is 7.79. The highest BCUT2D eigenvalue weighted by molar-refractivity contribution is 7.99. The highest BCUT2D eigenvalue weighted by atomic mass is 32.2. The van der Waals surface area contributed by atoms with Gasteiger partial charge in [-0.3, -0.25) is 0 Å². The molecule has 0 bridgehead atoms. The van der Waals surface area contributed by atoms with Crippen molar-refractivity contribution in [3.05, 3.63) is 30.3 Å². The summed E-state index contributed by atoms with van der Waals surface area (Å²) in [6, 6.07) is 11.2. The van der Waals surface area contributed by atoms with Crippen molar-refractivity contribution in [1.82, 2.24) is 5.32 Å². The third-order valence-corrected chi connectivity index (χ3v) is 3.49. The Bertz CT molecular complexity index is 258. The van der Waals surface area contributed by atoms with E-state index in [4.69, 9.17) is 0 Å². The van der Waals surface area contributed by atoms with Crippen molar-refractivity contribution in [3.63, 3.8) is 0 Å². The molecular formula is C13H21NS. The number of benzene rings is 1. The van der Waals surface area contributed by atoms with Gasteiger partial charge in [-0.25, -0.2) is 0 Å². The van der Waals surface area contributed by atoms with Gasteiger partial charge >= 0.3 is 0 Å². The van der Waals surface area contributed by atoms with Crippen molar-refractivity contribution in [1.29, 1.82) is 0 Å². The molecule has 0 fully saturated rings. The van der Waals surface area contributed by atoms with Crippen molar-refractivity contribution >= 4 is 11.8 Å². The van der Waals surface area contributed by atoms with Crippen LogP contribution in [-0.2, 0) is 0 Å². The lowest BCUT2D eigenvalue weighted by Gasteiger charge is -2.14. The SMILES string of the molecule is CC(CNC(C)C)CSc1ccccc1. The van der Waals surface area contributed by atoms with Crippen molar-refractivity contribution in [2.45, 2.75) is 31.7 Å². The van der Waals surface area contributed by atoms with E-state index in [-0.39, 0.29) is 0 Å². The average Bonchev–Trinajstić information content (AvgIpc) is 2.25. The smallest absolute Gasteiger partial charge is 0.00720 e. The van der Waals surface area contributed by atoms with Crippen LogP contribution in [0.4, 0.5) is 0 Å². The minimum atomic E-state index is 0.592. The molecule has 0 aromatic heterocycles. The molecule has 1 rings (SSSR count). The predicted molar refractivity (Wildman–Crippen MR) is 69.5 cm³/mol. The van der Waals surface area contributed by atoms with E-state index < -0.39 is 0 Å². The first-order chi connectivity index (χ1) is 7.18. The maximum atomic E-state index is 3.47. The lowest BCUT2D eigenvalue weighted by molar-refractivity contribution is 0.510. The van der Waals surface area contributed by atoms with Gasteiger partial charge in [-0.1, -0.05) is 39.0 Å². The van der Waals surface area contributed by atoms with Crippen LogP contribution in [-0.4, -0.2) is 18.3 Å². The van der Waals surface area contributed by atoms with Gasteiger partial charge in [-0.15, -0.1) is 11.8 Å². The van der Waals surface area contributed by atoms with Crippen LogP contribution in [0, 0.1) is 5.92 Å². The average molecular weight is 223 g/mol. The lowest BCUT2D eigenvalue weighted by Crippen LogP contribution is -2.28. The first-order valence-corrected chi connectivity index (χ1v) is 6.58. The Kier molecular flexibility index (Phi) is 5.81. The van der Waals surface area contributed by atoms with E-state index in [2.05, 4.69) is 56.4 Å². The van der Waals surface area contributed by atoms with Crippen LogP contribution in [0.5, 0.6) is 0 Å². The Hall–Kier alpha value is -0.470. The fourth-order valence-electron chi connectivity index (χ4n) is 1.25. The van der Waals surface area contributed by atoms with Gasteiger partial charge < -0.3 is 5.32 Å². The Balaban J connectivity index is 2.19. The fourth-order valence-corrected chi connectivity index (χ4v) is 2.20. The van der Waals surface area contributed by atoms with E-state index in [0.29, 0.717) is 6.04 Å². The summed E-state index contributed by atoms with van der Waals surface area (Å²) in [7, 11) is 0. The third-order valence-electron chi connectivity index (χ3n) is 2.15. The molecule has 1 nitrogen and oxygen atoms in total. The van der Waals surface area contributed by atoms with Gasteiger partial charge in [0.1, 0.15) is 0 Å². The quantitative estimate of drug-likeness (QED) is 0.742. The van der Waals surface area contributed by atoms with E-state index >= 15 is 0 Å². The van der Waals surface area contributed by atoms with Gasteiger partial charge in [0.05, 0.1) is 0 Å². The summed E-state index contributed by atoms with van der Waals surface area (Å²) in [5.74, 6) is 1.90. The maximum absolute atomic E-state index is 3.47. The van der Waals surface area contributed by atoms with Gasteiger partial charge in [-0.05, 0) is 24.6 Å². The zero-order valence-corrected chi connectivity index (χ0v) is 10.7. The lowest BCUT2D eigenvalue weighted by atomic mass is 10.2. The Morgan fingerprint density at radius 1 is 1.13 bits per heavy atom. The molecule has 1 unspecified atom stereocenters. The minimum absolute atomic E-state index is 0.592. The molecule has 84 valence electrons. The van der Waals surface area contributed by atoms with Crippen LogP contribution in [0.15, 0.2) is 35.2 Å². The Morgan fingerprint density at radius 2 is 1.80 bits per heavy atom. The van der Waals surface area contributed by atoms with E-state index in [9.17, 15) is 0 Å². The number of rotatable bonds is 6. The van der Waals surface area contributed by atoms with E-state index in [1.807, 2.05) is 11.8 Å². The van der Waals surface area contributed by atoms with Crippen molar-refractivity contribution in [2.75, 3.05) is 12.3 Å². The van der Waals surface area contributed by atoms with Crippen LogP contribution < -0.4 is 5.32 Å². The van der Waals surface area contributed by atoms with Crippen LogP contribution in [0.3, 0.4) is 0 Å². The van der Waals surface area contributed by atoms with Gasteiger partial charge in [0, 0.05) is 16.7 Å². The first-order valence-electron chi connectivity index (χ1n) is 5.59. The zero-order valence-electron chi connectivity index (χ0n) is 9.86. The van der Waals surface area contributed by atoms with Crippen LogP contribution in [0.1, 0.15) is 20.8 Å². The molecule has 15 heavy (non-hydrogen) atoms. The molecule has 0 radical (unpaired) electrons. The van der Waals surface area contributed by atoms with Crippen molar-refractivity contribution < 1.29 is 0 Å². The molecule has 0 saturated carbocycles. The van der Waals surface area contributed by atoms with Crippen molar-refractivity contribution in [2.24, 2.45) is 5.92 Å². The summed E-state index contributed by atoms with van der Waals surface area (Å²) < 4.78 is 0. The van der Waals surface area contributed by atoms with Crippen LogP contribution in [0.25, 0.3) is 0 Å². The number of hydrogen-bond acceptors (Lipinski definition) is 2. The monoisotopic (exact) mass is 223 g/mol. The standard InChI is InChI=1S/C13H21NS/c1-11(2)14-9-12(3)10-15-13-7-5-4-6-8-13/h4-8,11-12,14H,9-10H2,1-3H3. The molecular weight excluding hydrogens is 202 g/mol. The second-order valence-electron chi connectivity index (χ2n) is 4.29. The van der Waals surface area contributed by atoms with E-state index in [1.54, 1.807) is 0 Å². The normalized spacial score (nSPS) is 13.1. The largest absolute Gasteiger partial charge is 0.314 e. The molecule has 0 aliphatic heterocycles. The van der Waals surface area contributed by atoms with Crippen molar-refractivity contribution in [3.8, 4) is 0 Å². The van der Waals surface area contributed by atoms with Gasteiger partial charge in [0.25, 0.3) is 0 Å². The molecule has 1 aromatic carbocycles. The summed E-state index contributed by atoms with van der Waals surface area (Å²) >= 11 is 1.94. The highest BCUT2D eigenvalue weighted by Gasteiger charge is 2.03. The molecule has 0 saturated heterocycles. The van der Waals surface area contributed by atoms with Gasteiger partial charge in [0.15, 0.2) is 0 Å². The summed E-state index contributed by atoms with van der Waals surface area (Å²) in [4.78, 5) is 1.37. The zero-order chi connectivity index (χ0) is 11.1. The van der Waals surface area contributed by atoms with Crippen LogP contribution >= 0.6 is 11.8 Å². The number of hydrogen-bond donors (Lipinski definition) is 1. The topological polar surface area (TPSA) is 12.0 Å². The molecule has 0 heterocycles. The Labute approximate surface area is 97.7 Å². The predicted octanol–water partition coefficient (Wildman–Crippen LogP) is 3.41. The minimum Gasteiger partial charge on any atom is -0.314 e. The van der Waals surface area contributed by atoms with Crippen LogP contribution in [0.2, 0.25) is 0 Å². The summed E-state index contributed by atoms with van der Waals surface area (Å²) in [5.41, 5.74) is 0. The number of thioether (sulfide) groups is 1.